The summed E-state index contributed by atoms with van der Waals surface area (Å²) in [6, 6.07) is 0. The van der Waals surface area contributed by atoms with Crippen molar-refractivity contribution in [3.63, 3.8) is 0 Å². The van der Waals surface area contributed by atoms with Gasteiger partial charge in [0.15, 0.2) is 10.2 Å². The zero-order valence-electron chi connectivity index (χ0n) is 7.18. The number of hydrogen-bond donors (Lipinski definition) is 0. The summed E-state index contributed by atoms with van der Waals surface area (Å²) in [5.41, 5.74) is 0. The third-order valence-electron chi connectivity index (χ3n) is 1.36. The Morgan fingerprint density at radius 2 is 2.20 bits per heavy atom. The van der Waals surface area contributed by atoms with Crippen LogP contribution in [0.25, 0.3) is 0 Å². The summed E-state index contributed by atoms with van der Waals surface area (Å²) < 4.78 is 47.6. The van der Waals surface area contributed by atoms with Gasteiger partial charge in [-0.1, -0.05) is 22.9 Å². The van der Waals surface area contributed by atoms with Gasteiger partial charge in [0.25, 0.3) is 0 Å². The summed E-state index contributed by atoms with van der Waals surface area (Å²) in [5, 5.41) is 0. The Hall–Kier alpha value is -0.400. The van der Waals surface area contributed by atoms with Crippen molar-refractivity contribution >= 4 is 33.7 Å². The predicted molar refractivity (Wildman–Crippen MR) is 53.4 cm³/mol. The molecule has 1 heterocycles. The van der Waals surface area contributed by atoms with Gasteiger partial charge in [-0.2, -0.15) is 8.78 Å². The van der Waals surface area contributed by atoms with Gasteiger partial charge in [-0.05, 0) is 0 Å². The summed E-state index contributed by atoms with van der Waals surface area (Å²) in [7, 11) is -1.58. The molecule has 0 aliphatic rings. The summed E-state index contributed by atoms with van der Waals surface area (Å²) in [6.45, 7) is 0. The second-order valence-corrected chi connectivity index (χ2v) is 5.80. The predicted octanol–water partition coefficient (Wildman–Crippen LogP) is 3.37. The first-order chi connectivity index (χ1) is 7.00. The molecule has 0 aliphatic carbocycles. The van der Waals surface area contributed by atoms with E-state index in [1.807, 2.05) is 0 Å². The van der Waals surface area contributed by atoms with Gasteiger partial charge in [-0.15, -0.1) is 0 Å². The second-order valence-electron chi connectivity index (χ2n) is 2.40. The van der Waals surface area contributed by atoms with Crippen LogP contribution in [0, 0.1) is 0 Å². The van der Waals surface area contributed by atoms with Crippen molar-refractivity contribution in [2.24, 2.45) is 0 Å². The molecule has 0 saturated carbocycles. The van der Waals surface area contributed by atoms with Crippen molar-refractivity contribution in [2.75, 3.05) is 5.75 Å². The molecular weight excluding hydrogens is 271 g/mol. The van der Waals surface area contributed by atoms with Gasteiger partial charge >= 0.3 is 6.08 Å². The molecule has 0 N–H and O–H groups in total. The SMILES string of the molecule is O=[S@@](CCC(F)=C(F)F)c1ncc(Cl)s1. The van der Waals surface area contributed by atoms with E-state index < -0.39 is 29.1 Å². The molecule has 0 spiro atoms. The molecule has 15 heavy (non-hydrogen) atoms. The Bertz CT molecular complexity index is 403. The number of allylic oxidation sites excluding steroid dienone is 1. The molecule has 1 aromatic heterocycles. The quantitative estimate of drug-likeness (QED) is 0.843. The fourth-order valence-corrected chi connectivity index (χ4v) is 3.09. The minimum absolute atomic E-state index is 0.215. The molecule has 2 nitrogen and oxygen atoms in total. The van der Waals surface area contributed by atoms with E-state index in [1.54, 1.807) is 0 Å². The van der Waals surface area contributed by atoms with Crippen LogP contribution in [0.3, 0.4) is 0 Å². The van der Waals surface area contributed by atoms with E-state index in [0.717, 1.165) is 11.3 Å². The molecule has 1 rings (SSSR count). The fraction of sp³-hybridized carbons (Fsp3) is 0.286. The lowest BCUT2D eigenvalue weighted by atomic mass is 10.4. The molecule has 0 radical (unpaired) electrons. The van der Waals surface area contributed by atoms with E-state index >= 15 is 0 Å². The molecule has 0 saturated heterocycles. The van der Waals surface area contributed by atoms with E-state index in [-0.39, 0.29) is 10.1 Å². The second kappa shape index (κ2) is 5.62. The highest BCUT2D eigenvalue weighted by Crippen LogP contribution is 2.22. The minimum atomic E-state index is -2.37. The van der Waals surface area contributed by atoms with E-state index in [4.69, 9.17) is 11.6 Å². The summed E-state index contributed by atoms with van der Waals surface area (Å²) in [6.07, 6.45) is -1.63. The molecule has 0 unspecified atom stereocenters. The molecule has 0 aromatic carbocycles. The maximum absolute atomic E-state index is 12.4. The van der Waals surface area contributed by atoms with E-state index in [9.17, 15) is 17.4 Å². The topological polar surface area (TPSA) is 30.0 Å². The zero-order chi connectivity index (χ0) is 11.4. The van der Waals surface area contributed by atoms with E-state index in [0.29, 0.717) is 4.34 Å². The lowest BCUT2D eigenvalue weighted by Gasteiger charge is -1.95. The normalized spacial score (nSPS) is 12.5. The van der Waals surface area contributed by atoms with Crippen molar-refractivity contribution in [3.8, 4) is 0 Å². The molecule has 8 heteroatoms. The Kier molecular flexibility index (Phi) is 4.75. The number of halogens is 4. The molecule has 1 atom stereocenters. The zero-order valence-corrected chi connectivity index (χ0v) is 9.56. The standard InChI is InChI=1S/C7H5ClF3NOS2/c8-5-3-12-7(14-5)15(13)2-1-4(9)6(10)11/h3H,1-2H2/t15-/m0/s1. The van der Waals surface area contributed by atoms with Crippen LogP contribution in [-0.2, 0) is 10.8 Å². The molecule has 0 fully saturated rings. The van der Waals surface area contributed by atoms with Crippen LogP contribution in [0.15, 0.2) is 22.4 Å². The number of thiazole rings is 1. The van der Waals surface area contributed by atoms with E-state index in [2.05, 4.69) is 4.98 Å². The molecular formula is C7H5ClF3NOS2. The van der Waals surface area contributed by atoms with Gasteiger partial charge in [0, 0.05) is 12.2 Å². The number of nitrogens with zero attached hydrogens (tertiary/aromatic N) is 1. The maximum Gasteiger partial charge on any atom is 0.301 e. The molecule has 0 bridgehead atoms. The van der Waals surface area contributed by atoms with Crippen molar-refractivity contribution < 1.29 is 17.4 Å². The lowest BCUT2D eigenvalue weighted by molar-refractivity contribution is 0.373. The Balaban J connectivity index is 2.54. The maximum atomic E-state index is 12.4. The van der Waals surface area contributed by atoms with Crippen LogP contribution < -0.4 is 0 Å². The highest BCUT2D eigenvalue weighted by molar-refractivity contribution is 7.87. The first-order valence-corrected chi connectivity index (χ1v) is 6.21. The number of aromatic nitrogens is 1. The van der Waals surface area contributed by atoms with Gasteiger partial charge in [0.1, 0.15) is 4.34 Å². The van der Waals surface area contributed by atoms with Gasteiger partial charge in [-0.3, -0.25) is 4.21 Å². The summed E-state index contributed by atoms with van der Waals surface area (Å²) >= 11 is 6.52. The largest absolute Gasteiger partial charge is 0.301 e. The molecule has 84 valence electrons. The van der Waals surface area contributed by atoms with Crippen molar-refractivity contribution in [3.05, 3.63) is 22.4 Å². The lowest BCUT2D eigenvalue weighted by Crippen LogP contribution is -1.98. The van der Waals surface area contributed by atoms with Crippen LogP contribution in [0.4, 0.5) is 13.2 Å². The van der Waals surface area contributed by atoms with Crippen LogP contribution in [-0.4, -0.2) is 14.9 Å². The van der Waals surface area contributed by atoms with Crippen LogP contribution in [0.5, 0.6) is 0 Å². The Labute approximate surface area is 95.2 Å². The Morgan fingerprint density at radius 3 is 2.67 bits per heavy atom. The van der Waals surface area contributed by atoms with Crippen molar-refractivity contribution in [1.82, 2.24) is 4.98 Å². The summed E-state index contributed by atoms with van der Waals surface area (Å²) in [4.78, 5) is 3.70. The monoisotopic (exact) mass is 275 g/mol. The first-order valence-electron chi connectivity index (χ1n) is 3.70. The van der Waals surface area contributed by atoms with Gasteiger partial charge in [0.05, 0.1) is 17.0 Å². The fourth-order valence-electron chi connectivity index (χ4n) is 0.709. The average molecular weight is 276 g/mol. The highest BCUT2D eigenvalue weighted by atomic mass is 35.5. The number of hydrogen-bond acceptors (Lipinski definition) is 3. The Morgan fingerprint density at radius 1 is 1.53 bits per heavy atom. The van der Waals surface area contributed by atoms with Gasteiger partial charge in [-0.25, -0.2) is 9.37 Å². The van der Waals surface area contributed by atoms with Gasteiger partial charge in [0.2, 0.25) is 0 Å². The molecule has 0 aliphatic heterocycles. The van der Waals surface area contributed by atoms with Crippen molar-refractivity contribution in [2.45, 2.75) is 10.8 Å². The van der Waals surface area contributed by atoms with Crippen LogP contribution in [0.1, 0.15) is 6.42 Å². The van der Waals surface area contributed by atoms with Crippen LogP contribution >= 0.6 is 22.9 Å². The van der Waals surface area contributed by atoms with Crippen molar-refractivity contribution in [1.29, 1.82) is 0 Å². The minimum Gasteiger partial charge on any atom is -0.252 e. The molecule has 1 aromatic rings. The highest BCUT2D eigenvalue weighted by Gasteiger charge is 2.12. The van der Waals surface area contributed by atoms with Crippen LogP contribution in [0.2, 0.25) is 4.34 Å². The van der Waals surface area contributed by atoms with Gasteiger partial charge < -0.3 is 0 Å². The first kappa shape index (κ1) is 12.7. The molecule has 0 amide bonds. The van der Waals surface area contributed by atoms with E-state index in [1.165, 1.54) is 6.20 Å². The number of rotatable bonds is 4. The smallest absolute Gasteiger partial charge is 0.252 e. The summed E-state index contributed by atoms with van der Waals surface area (Å²) in [5.74, 6) is -1.77. The third kappa shape index (κ3) is 3.92. The average Bonchev–Trinajstić information content (AvgIpc) is 2.60. The third-order valence-corrected chi connectivity index (χ3v) is 4.15.